The van der Waals surface area contributed by atoms with Crippen LogP contribution in [-0.2, 0) is 0 Å². The summed E-state index contributed by atoms with van der Waals surface area (Å²) in [7, 11) is 5.52. The molecule has 3 N–H and O–H groups in total. The Morgan fingerprint density at radius 3 is 2.37 bits per heavy atom. The molecule has 0 atom stereocenters. The van der Waals surface area contributed by atoms with E-state index in [1.807, 2.05) is 49.3 Å². The number of anilines is 1. The van der Waals surface area contributed by atoms with Gasteiger partial charge in [0.15, 0.2) is 0 Å². The highest BCUT2D eigenvalue weighted by Crippen LogP contribution is 2.34. The zero-order valence-corrected chi connectivity index (χ0v) is 17.1. The van der Waals surface area contributed by atoms with Crippen LogP contribution in [0.15, 0.2) is 36.4 Å². The lowest BCUT2D eigenvalue weighted by Crippen LogP contribution is -2.31. The van der Waals surface area contributed by atoms with Gasteiger partial charge in [-0.3, -0.25) is 4.79 Å². The van der Waals surface area contributed by atoms with Gasteiger partial charge >= 0.3 is 0 Å². The number of benzene rings is 2. The Morgan fingerprint density at radius 1 is 1.11 bits per heavy atom. The number of amides is 1. The quantitative estimate of drug-likeness (QED) is 0.631. The molecular weight excluding hydrogens is 387 g/mol. The van der Waals surface area contributed by atoms with Crippen molar-refractivity contribution in [3.8, 4) is 5.75 Å². The number of hydrogen-bond donors (Lipinski definition) is 2. The molecule has 0 bridgehead atoms. The monoisotopic (exact) mass is 410 g/mol. The number of ether oxygens (including phenoxy) is 1. The molecule has 0 aliphatic rings. The number of nitrogens with two attached hydrogens (primary N) is 1. The highest BCUT2D eigenvalue weighted by atomic mass is 35.5. The number of aromatic nitrogens is 1. The van der Waals surface area contributed by atoms with Crippen LogP contribution < -0.4 is 15.8 Å². The molecule has 146 valence electrons. The lowest BCUT2D eigenvalue weighted by molar-refractivity contribution is 0.0952. The van der Waals surface area contributed by atoms with E-state index < -0.39 is 0 Å². The molecule has 1 aromatic heterocycles. The number of carbonyl (C=O) groups is 1. The van der Waals surface area contributed by atoms with Crippen molar-refractivity contribution in [3.05, 3.63) is 42.0 Å². The van der Waals surface area contributed by atoms with Gasteiger partial charge in [-0.25, -0.2) is 4.98 Å². The largest absolute Gasteiger partial charge is 0.494 e. The van der Waals surface area contributed by atoms with E-state index in [1.54, 1.807) is 13.2 Å². The Bertz CT molecular complexity index is 948. The van der Waals surface area contributed by atoms with Crippen LogP contribution in [0.5, 0.6) is 5.75 Å². The number of hydrogen-bond acceptors (Lipinski definition) is 5. The average molecular weight is 411 g/mol. The minimum absolute atomic E-state index is 0. The first-order valence-electron chi connectivity index (χ1n) is 8.10. The van der Waals surface area contributed by atoms with Crippen LogP contribution in [0.4, 0.5) is 5.69 Å². The SMILES string of the molecule is COc1cccc2c(N)c3cccc(C(=O)NCCN(C)C)c3nc12.Cl.Cl. The van der Waals surface area contributed by atoms with Crippen molar-refractivity contribution in [1.29, 1.82) is 0 Å². The van der Waals surface area contributed by atoms with Gasteiger partial charge in [0.25, 0.3) is 5.91 Å². The number of rotatable bonds is 5. The van der Waals surface area contributed by atoms with Crippen molar-refractivity contribution < 1.29 is 9.53 Å². The third-order valence-electron chi connectivity index (χ3n) is 4.15. The molecule has 0 unspecified atom stereocenters. The Hall–Kier alpha value is -2.28. The molecule has 0 fully saturated rings. The van der Waals surface area contributed by atoms with Gasteiger partial charge in [-0.15, -0.1) is 24.8 Å². The lowest BCUT2D eigenvalue weighted by atomic mass is 10.0. The van der Waals surface area contributed by atoms with Crippen molar-refractivity contribution in [2.45, 2.75) is 0 Å². The van der Waals surface area contributed by atoms with Crippen molar-refractivity contribution >= 4 is 58.2 Å². The van der Waals surface area contributed by atoms with Crippen molar-refractivity contribution in [2.75, 3.05) is 40.0 Å². The summed E-state index contributed by atoms with van der Waals surface area (Å²) in [6.45, 7) is 1.33. The molecule has 1 amide bonds. The number of likely N-dealkylation sites (N-methyl/N-ethyl adjacent to an activating group) is 1. The molecule has 6 nitrogen and oxygen atoms in total. The van der Waals surface area contributed by atoms with Crippen LogP contribution >= 0.6 is 24.8 Å². The summed E-state index contributed by atoms with van der Waals surface area (Å²) >= 11 is 0. The number of nitrogens with zero attached hydrogens (tertiary/aromatic N) is 2. The first kappa shape index (κ1) is 22.8. The molecule has 27 heavy (non-hydrogen) atoms. The molecule has 0 aliphatic heterocycles. The minimum Gasteiger partial charge on any atom is -0.494 e. The fourth-order valence-corrected chi connectivity index (χ4v) is 2.83. The van der Waals surface area contributed by atoms with E-state index in [-0.39, 0.29) is 30.7 Å². The van der Waals surface area contributed by atoms with Gasteiger partial charge in [0.2, 0.25) is 0 Å². The van der Waals surface area contributed by atoms with Crippen LogP contribution in [0.1, 0.15) is 10.4 Å². The second-order valence-electron chi connectivity index (χ2n) is 6.14. The lowest BCUT2D eigenvalue weighted by Gasteiger charge is -2.13. The van der Waals surface area contributed by atoms with Crippen LogP contribution in [-0.4, -0.2) is 50.1 Å². The Labute approximate surface area is 170 Å². The molecular formula is C19H24Cl2N4O2. The standard InChI is InChI=1S/C19H22N4O2.2ClH/c1-23(2)11-10-21-19(24)14-8-4-6-12-16(20)13-7-5-9-15(25-3)18(13)22-17(12)14;;/h4-9H,10-11H2,1-3H3,(H2,20,22)(H,21,24);2*1H. The number of para-hydroxylation sites is 2. The highest BCUT2D eigenvalue weighted by Gasteiger charge is 2.16. The molecule has 2 aromatic carbocycles. The second-order valence-corrected chi connectivity index (χ2v) is 6.14. The van der Waals surface area contributed by atoms with E-state index >= 15 is 0 Å². The second kappa shape index (κ2) is 9.60. The van der Waals surface area contributed by atoms with E-state index in [2.05, 4.69) is 5.32 Å². The zero-order chi connectivity index (χ0) is 18.0. The van der Waals surface area contributed by atoms with Crippen molar-refractivity contribution in [1.82, 2.24) is 15.2 Å². The summed E-state index contributed by atoms with van der Waals surface area (Å²) in [6, 6.07) is 11.1. The third-order valence-corrected chi connectivity index (χ3v) is 4.15. The maximum Gasteiger partial charge on any atom is 0.253 e. The van der Waals surface area contributed by atoms with Gasteiger partial charge in [0.05, 0.1) is 23.9 Å². The number of nitrogen functional groups attached to an aromatic ring is 1. The summed E-state index contributed by atoms with van der Waals surface area (Å²) in [5.74, 6) is 0.475. The van der Waals surface area contributed by atoms with E-state index in [0.717, 1.165) is 17.3 Å². The van der Waals surface area contributed by atoms with Gasteiger partial charge in [-0.2, -0.15) is 0 Å². The number of methoxy groups -OCH3 is 1. The molecule has 0 radical (unpaired) electrons. The summed E-state index contributed by atoms with van der Waals surface area (Å²) < 4.78 is 5.40. The average Bonchev–Trinajstić information content (AvgIpc) is 2.60. The molecule has 1 heterocycles. The predicted molar refractivity (Wildman–Crippen MR) is 116 cm³/mol. The van der Waals surface area contributed by atoms with Gasteiger partial charge in [0, 0.05) is 23.9 Å². The molecule has 3 aromatic rings. The minimum atomic E-state index is -0.159. The molecule has 0 saturated carbocycles. The van der Waals surface area contributed by atoms with Gasteiger partial charge < -0.3 is 20.7 Å². The zero-order valence-electron chi connectivity index (χ0n) is 15.5. The van der Waals surface area contributed by atoms with Crippen LogP contribution in [0.25, 0.3) is 21.8 Å². The number of carbonyl (C=O) groups excluding carboxylic acids is 1. The molecule has 0 aliphatic carbocycles. The number of halogens is 2. The van der Waals surface area contributed by atoms with Crippen molar-refractivity contribution in [2.24, 2.45) is 0 Å². The first-order valence-corrected chi connectivity index (χ1v) is 8.10. The number of fused-ring (bicyclic) bond motifs is 2. The highest BCUT2D eigenvalue weighted by molar-refractivity contribution is 6.14. The summed E-state index contributed by atoms with van der Waals surface area (Å²) in [5.41, 5.74) is 8.70. The van der Waals surface area contributed by atoms with Crippen molar-refractivity contribution in [3.63, 3.8) is 0 Å². The molecule has 0 spiro atoms. The maximum absolute atomic E-state index is 12.6. The Kier molecular flexibility index (Phi) is 8.09. The normalized spacial score (nSPS) is 10.4. The van der Waals surface area contributed by atoms with E-state index in [9.17, 15) is 4.79 Å². The first-order chi connectivity index (χ1) is 12.0. The predicted octanol–water partition coefficient (Wildman–Crippen LogP) is 3.11. The van der Waals surface area contributed by atoms with Gasteiger partial charge in [0.1, 0.15) is 11.3 Å². The van der Waals surface area contributed by atoms with E-state index in [1.165, 1.54) is 0 Å². The molecule has 3 rings (SSSR count). The number of pyridine rings is 1. The molecule has 0 saturated heterocycles. The van der Waals surface area contributed by atoms with E-state index in [4.69, 9.17) is 15.5 Å². The van der Waals surface area contributed by atoms with Crippen LogP contribution in [0.2, 0.25) is 0 Å². The fraction of sp³-hybridized carbons (Fsp3) is 0.263. The smallest absolute Gasteiger partial charge is 0.253 e. The summed E-state index contributed by atoms with van der Waals surface area (Å²) in [4.78, 5) is 19.3. The number of nitrogens with one attached hydrogen (secondary N) is 1. The van der Waals surface area contributed by atoms with Gasteiger partial charge in [-0.1, -0.05) is 24.3 Å². The Morgan fingerprint density at radius 2 is 1.74 bits per heavy atom. The Balaban J connectivity index is 0.00000182. The summed E-state index contributed by atoms with van der Waals surface area (Å²) in [5, 5.41) is 4.51. The van der Waals surface area contributed by atoms with Crippen LogP contribution in [0, 0.1) is 0 Å². The molecule has 8 heteroatoms. The van der Waals surface area contributed by atoms with E-state index in [0.29, 0.717) is 34.6 Å². The fourth-order valence-electron chi connectivity index (χ4n) is 2.83. The summed E-state index contributed by atoms with van der Waals surface area (Å²) in [6.07, 6.45) is 0. The van der Waals surface area contributed by atoms with Gasteiger partial charge in [-0.05, 0) is 26.2 Å². The third kappa shape index (κ3) is 4.53. The topological polar surface area (TPSA) is 80.5 Å². The maximum atomic E-state index is 12.6. The van der Waals surface area contributed by atoms with Crippen LogP contribution in [0.3, 0.4) is 0 Å².